The molecule has 6 heteroatoms. The standard InChI is InChI=1S/C14H12N2O4/c1-18-8-3-2-4-9(5-8)19-12-7-11-13(6-10(12)15)20-14(17)16-11/h2-7H,15H2,1H3,(H,16,17). The molecule has 0 amide bonds. The minimum absolute atomic E-state index is 0.378. The highest BCUT2D eigenvalue weighted by Gasteiger charge is 2.09. The Morgan fingerprint density at radius 3 is 2.80 bits per heavy atom. The Kier molecular flexibility index (Phi) is 2.83. The van der Waals surface area contributed by atoms with Gasteiger partial charge in [-0.3, -0.25) is 4.98 Å². The third kappa shape index (κ3) is 2.18. The number of benzene rings is 2. The zero-order valence-electron chi connectivity index (χ0n) is 10.7. The van der Waals surface area contributed by atoms with E-state index in [1.165, 1.54) is 0 Å². The van der Waals surface area contributed by atoms with E-state index in [4.69, 9.17) is 19.6 Å². The number of methoxy groups -OCH3 is 1. The van der Waals surface area contributed by atoms with Crippen LogP contribution in [0, 0.1) is 0 Å². The van der Waals surface area contributed by atoms with Crippen molar-refractivity contribution in [2.75, 3.05) is 12.8 Å². The monoisotopic (exact) mass is 272 g/mol. The maximum Gasteiger partial charge on any atom is 0.417 e. The molecule has 0 spiro atoms. The van der Waals surface area contributed by atoms with Crippen LogP contribution in [0.15, 0.2) is 45.6 Å². The van der Waals surface area contributed by atoms with E-state index in [-0.39, 0.29) is 0 Å². The van der Waals surface area contributed by atoms with Crippen molar-refractivity contribution in [1.29, 1.82) is 0 Å². The van der Waals surface area contributed by atoms with Crippen LogP contribution < -0.4 is 21.0 Å². The van der Waals surface area contributed by atoms with E-state index in [0.29, 0.717) is 34.0 Å². The van der Waals surface area contributed by atoms with Crippen molar-refractivity contribution in [3.05, 3.63) is 46.9 Å². The SMILES string of the molecule is COc1cccc(Oc2cc3[nH]c(=O)oc3cc2N)c1. The summed E-state index contributed by atoms with van der Waals surface area (Å²) >= 11 is 0. The normalized spacial score (nSPS) is 10.7. The lowest BCUT2D eigenvalue weighted by molar-refractivity contribution is 0.409. The quantitative estimate of drug-likeness (QED) is 0.715. The zero-order chi connectivity index (χ0) is 14.1. The maximum atomic E-state index is 11.1. The van der Waals surface area contributed by atoms with Gasteiger partial charge in [0.15, 0.2) is 11.3 Å². The predicted molar refractivity (Wildman–Crippen MR) is 74.3 cm³/mol. The van der Waals surface area contributed by atoms with Crippen LogP contribution in [0.25, 0.3) is 11.1 Å². The lowest BCUT2D eigenvalue weighted by atomic mass is 10.2. The average molecular weight is 272 g/mol. The number of aromatic nitrogens is 1. The van der Waals surface area contributed by atoms with Crippen LogP contribution >= 0.6 is 0 Å². The number of anilines is 1. The zero-order valence-corrected chi connectivity index (χ0v) is 10.7. The van der Waals surface area contributed by atoms with Gasteiger partial charge < -0.3 is 19.6 Å². The third-order valence-corrected chi connectivity index (χ3v) is 2.82. The minimum atomic E-state index is -0.530. The number of H-pyrrole nitrogens is 1. The van der Waals surface area contributed by atoms with Crippen molar-refractivity contribution in [3.63, 3.8) is 0 Å². The second-order valence-electron chi connectivity index (χ2n) is 4.18. The summed E-state index contributed by atoms with van der Waals surface area (Å²) in [5.41, 5.74) is 7.18. The van der Waals surface area contributed by atoms with Crippen LogP contribution in [0.5, 0.6) is 17.2 Å². The molecule has 0 aliphatic heterocycles. The molecule has 0 unspecified atom stereocenters. The van der Waals surface area contributed by atoms with Crippen molar-refractivity contribution >= 4 is 16.8 Å². The first-order valence-corrected chi connectivity index (χ1v) is 5.90. The summed E-state index contributed by atoms with van der Waals surface area (Å²) < 4.78 is 15.7. The van der Waals surface area contributed by atoms with E-state index >= 15 is 0 Å². The molecule has 102 valence electrons. The molecule has 2 aromatic carbocycles. The van der Waals surface area contributed by atoms with Crippen LogP contribution in [0.3, 0.4) is 0 Å². The molecular weight excluding hydrogens is 260 g/mol. The first-order valence-electron chi connectivity index (χ1n) is 5.90. The topological polar surface area (TPSA) is 90.5 Å². The Labute approximate surface area is 113 Å². The number of hydrogen-bond acceptors (Lipinski definition) is 5. The van der Waals surface area contributed by atoms with E-state index in [0.717, 1.165) is 0 Å². The van der Waals surface area contributed by atoms with Crippen molar-refractivity contribution in [1.82, 2.24) is 4.98 Å². The molecule has 0 atom stereocenters. The highest BCUT2D eigenvalue weighted by molar-refractivity contribution is 5.80. The molecule has 20 heavy (non-hydrogen) atoms. The molecule has 0 saturated heterocycles. The fourth-order valence-electron chi connectivity index (χ4n) is 1.87. The summed E-state index contributed by atoms with van der Waals surface area (Å²) in [5.74, 6) is 1.17. The van der Waals surface area contributed by atoms with Gasteiger partial charge in [0.1, 0.15) is 11.5 Å². The molecule has 0 bridgehead atoms. The van der Waals surface area contributed by atoms with Crippen LogP contribution in [-0.4, -0.2) is 12.1 Å². The fraction of sp³-hybridized carbons (Fsp3) is 0.0714. The molecule has 3 N–H and O–H groups in total. The third-order valence-electron chi connectivity index (χ3n) is 2.82. The Morgan fingerprint density at radius 2 is 2.00 bits per heavy atom. The summed E-state index contributed by atoms with van der Waals surface area (Å²) in [6.07, 6.45) is 0. The molecule has 0 aliphatic rings. The van der Waals surface area contributed by atoms with Gasteiger partial charge in [-0.15, -0.1) is 0 Å². The molecular formula is C14H12N2O4. The summed E-state index contributed by atoms with van der Waals surface area (Å²) in [6.45, 7) is 0. The molecule has 3 aromatic rings. The lowest BCUT2D eigenvalue weighted by Gasteiger charge is -2.09. The number of hydrogen-bond donors (Lipinski definition) is 2. The molecule has 0 aliphatic carbocycles. The number of nitrogen functional groups attached to an aromatic ring is 1. The second-order valence-corrected chi connectivity index (χ2v) is 4.18. The van der Waals surface area contributed by atoms with Crippen LogP contribution in [0.1, 0.15) is 0 Å². The van der Waals surface area contributed by atoms with Gasteiger partial charge in [-0.1, -0.05) is 6.07 Å². The van der Waals surface area contributed by atoms with E-state index in [1.807, 2.05) is 12.1 Å². The van der Waals surface area contributed by atoms with Crippen LogP contribution in [-0.2, 0) is 0 Å². The van der Waals surface area contributed by atoms with E-state index in [9.17, 15) is 4.79 Å². The van der Waals surface area contributed by atoms with E-state index in [2.05, 4.69) is 4.98 Å². The molecule has 1 aromatic heterocycles. The number of oxazole rings is 1. The van der Waals surface area contributed by atoms with Crippen LogP contribution in [0.4, 0.5) is 5.69 Å². The fourth-order valence-corrected chi connectivity index (χ4v) is 1.87. The van der Waals surface area contributed by atoms with E-state index < -0.39 is 5.76 Å². The molecule has 0 radical (unpaired) electrons. The predicted octanol–water partition coefficient (Wildman–Crippen LogP) is 2.50. The average Bonchev–Trinajstić information content (AvgIpc) is 2.78. The maximum absolute atomic E-state index is 11.1. The highest BCUT2D eigenvalue weighted by Crippen LogP contribution is 2.32. The molecule has 0 fully saturated rings. The first-order chi connectivity index (χ1) is 9.65. The summed E-state index contributed by atoms with van der Waals surface area (Å²) in [4.78, 5) is 13.7. The van der Waals surface area contributed by atoms with Gasteiger partial charge in [-0.05, 0) is 12.1 Å². The smallest absolute Gasteiger partial charge is 0.417 e. The van der Waals surface area contributed by atoms with Crippen molar-refractivity contribution in [2.24, 2.45) is 0 Å². The largest absolute Gasteiger partial charge is 0.497 e. The van der Waals surface area contributed by atoms with Gasteiger partial charge in [0.2, 0.25) is 0 Å². The minimum Gasteiger partial charge on any atom is -0.497 e. The number of rotatable bonds is 3. The van der Waals surface area contributed by atoms with Gasteiger partial charge in [0, 0.05) is 18.2 Å². The lowest BCUT2D eigenvalue weighted by Crippen LogP contribution is -1.94. The van der Waals surface area contributed by atoms with Crippen molar-refractivity contribution < 1.29 is 13.9 Å². The Balaban J connectivity index is 2.00. The number of ether oxygens (including phenoxy) is 2. The van der Waals surface area contributed by atoms with Gasteiger partial charge >= 0.3 is 5.76 Å². The van der Waals surface area contributed by atoms with Crippen molar-refractivity contribution in [3.8, 4) is 17.2 Å². The molecule has 0 saturated carbocycles. The van der Waals surface area contributed by atoms with Gasteiger partial charge in [-0.25, -0.2) is 4.79 Å². The molecule has 1 heterocycles. The molecule has 6 nitrogen and oxygen atoms in total. The summed E-state index contributed by atoms with van der Waals surface area (Å²) in [5, 5.41) is 0. The Morgan fingerprint density at radius 1 is 1.20 bits per heavy atom. The number of fused-ring (bicyclic) bond motifs is 1. The second kappa shape index (κ2) is 4.65. The molecule has 3 rings (SSSR count). The Hall–Kier alpha value is -2.89. The Bertz CT molecular complexity index is 819. The van der Waals surface area contributed by atoms with Crippen molar-refractivity contribution in [2.45, 2.75) is 0 Å². The number of nitrogens with two attached hydrogens (primary N) is 1. The van der Waals surface area contributed by atoms with Gasteiger partial charge in [0.25, 0.3) is 0 Å². The summed E-state index contributed by atoms with van der Waals surface area (Å²) in [7, 11) is 1.58. The summed E-state index contributed by atoms with van der Waals surface area (Å²) in [6, 6.07) is 10.3. The van der Waals surface area contributed by atoms with Crippen LogP contribution in [0.2, 0.25) is 0 Å². The first kappa shape index (κ1) is 12.2. The van der Waals surface area contributed by atoms with E-state index in [1.54, 1.807) is 31.4 Å². The number of aromatic amines is 1. The van der Waals surface area contributed by atoms with Gasteiger partial charge in [0.05, 0.1) is 18.3 Å². The highest BCUT2D eigenvalue weighted by atomic mass is 16.5. The number of nitrogens with one attached hydrogen (secondary N) is 1. The van der Waals surface area contributed by atoms with Gasteiger partial charge in [-0.2, -0.15) is 0 Å².